The summed E-state index contributed by atoms with van der Waals surface area (Å²) >= 11 is 0. The van der Waals surface area contributed by atoms with Gasteiger partial charge >= 0.3 is 0 Å². The molecule has 4 aromatic carbocycles. The Morgan fingerprint density at radius 3 is 1.89 bits per heavy atom. The Kier molecular flexibility index (Phi) is 6.89. The van der Waals surface area contributed by atoms with E-state index in [0.717, 1.165) is 22.3 Å². The number of carbonyl (C=O) groups excluding carboxylic acids is 1. The van der Waals surface area contributed by atoms with Crippen LogP contribution in [0, 0.1) is 0 Å². The summed E-state index contributed by atoms with van der Waals surface area (Å²) in [4.78, 5) is 13.5. The van der Waals surface area contributed by atoms with Crippen LogP contribution in [-0.2, 0) is 13.2 Å². The van der Waals surface area contributed by atoms with Gasteiger partial charge in [-0.25, -0.2) is 0 Å². The Bertz CT molecular complexity index is 1350. The molecule has 0 heterocycles. The summed E-state index contributed by atoms with van der Waals surface area (Å²) < 4.78 is 23.6. The van der Waals surface area contributed by atoms with Gasteiger partial charge in [-0.2, -0.15) is 0 Å². The number of ether oxygens (including phenoxy) is 4. The Morgan fingerprint density at radius 2 is 1.28 bits per heavy atom. The van der Waals surface area contributed by atoms with Gasteiger partial charge in [0.05, 0.1) is 19.8 Å². The number of hydrogen-bond acceptors (Lipinski definition) is 5. The van der Waals surface area contributed by atoms with Crippen LogP contribution in [0.5, 0.6) is 23.0 Å². The van der Waals surface area contributed by atoms with Crippen LogP contribution in [0.25, 0.3) is 0 Å². The first-order valence-corrected chi connectivity index (χ1v) is 11.9. The van der Waals surface area contributed by atoms with Crippen LogP contribution < -0.4 is 18.9 Å². The SMILES string of the molecule is COc1ccc(OC)c(C2CC(=O)c3c(OCc4ccccc4)ccc(OCc4ccccc4)c32)c1. The fraction of sp³-hybridized carbons (Fsp3) is 0.194. The van der Waals surface area contributed by atoms with Crippen LogP contribution in [0.15, 0.2) is 91.0 Å². The second-order valence-corrected chi connectivity index (χ2v) is 8.69. The number of hydrogen-bond donors (Lipinski definition) is 0. The molecule has 0 bridgehead atoms. The predicted molar refractivity (Wildman–Crippen MR) is 138 cm³/mol. The number of fused-ring (bicyclic) bond motifs is 1. The highest BCUT2D eigenvalue weighted by Crippen LogP contribution is 2.49. The van der Waals surface area contributed by atoms with Crippen molar-refractivity contribution in [1.29, 1.82) is 0 Å². The van der Waals surface area contributed by atoms with Gasteiger partial charge in [-0.1, -0.05) is 60.7 Å². The number of benzene rings is 4. The van der Waals surface area contributed by atoms with Gasteiger partial charge in [-0.05, 0) is 41.5 Å². The molecule has 5 heteroatoms. The van der Waals surface area contributed by atoms with Crippen molar-refractivity contribution in [2.45, 2.75) is 25.6 Å². The summed E-state index contributed by atoms with van der Waals surface area (Å²) in [5.41, 5.74) is 4.37. The minimum atomic E-state index is -0.247. The molecule has 0 spiro atoms. The zero-order valence-electron chi connectivity index (χ0n) is 20.4. The van der Waals surface area contributed by atoms with E-state index in [2.05, 4.69) is 0 Å². The van der Waals surface area contributed by atoms with Gasteiger partial charge in [-0.3, -0.25) is 4.79 Å². The molecular weight excluding hydrogens is 452 g/mol. The lowest BCUT2D eigenvalue weighted by Crippen LogP contribution is -2.06. The fourth-order valence-corrected chi connectivity index (χ4v) is 4.70. The lowest BCUT2D eigenvalue weighted by molar-refractivity contribution is 0.0987. The highest BCUT2D eigenvalue weighted by molar-refractivity contribution is 6.05. The summed E-state index contributed by atoms with van der Waals surface area (Å²) in [6, 6.07) is 29.3. The van der Waals surface area contributed by atoms with Crippen molar-refractivity contribution in [3.63, 3.8) is 0 Å². The minimum absolute atomic E-state index is 0.0214. The van der Waals surface area contributed by atoms with Gasteiger partial charge in [0.1, 0.15) is 36.2 Å². The van der Waals surface area contributed by atoms with Crippen LogP contribution in [-0.4, -0.2) is 20.0 Å². The quantitative estimate of drug-likeness (QED) is 0.271. The molecule has 0 saturated carbocycles. The summed E-state index contributed by atoms with van der Waals surface area (Å²) in [7, 11) is 3.26. The molecule has 0 radical (unpaired) electrons. The molecule has 1 unspecified atom stereocenters. The van der Waals surface area contributed by atoms with Gasteiger partial charge in [0.15, 0.2) is 5.78 Å². The van der Waals surface area contributed by atoms with Gasteiger partial charge in [0.25, 0.3) is 0 Å². The Balaban J connectivity index is 1.56. The van der Waals surface area contributed by atoms with Crippen molar-refractivity contribution in [1.82, 2.24) is 0 Å². The van der Waals surface area contributed by atoms with Crippen molar-refractivity contribution in [3.05, 3.63) is 119 Å². The second-order valence-electron chi connectivity index (χ2n) is 8.69. The van der Waals surface area contributed by atoms with E-state index < -0.39 is 0 Å². The monoisotopic (exact) mass is 480 g/mol. The third-order valence-electron chi connectivity index (χ3n) is 6.47. The summed E-state index contributed by atoms with van der Waals surface area (Å²) in [5, 5.41) is 0. The first-order valence-electron chi connectivity index (χ1n) is 11.9. The first kappa shape index (κ1) is 23.5. The van der Waals surface area contributed by atoms with Gasteiger partial charge in [0, 0.05) is 23.5 Å². The van der Waals surface area contributed by atoms with Crippen LogP contribution in [0.1, 0.15) is 45.0 Å². The van der Waals surface area contributed by atoms with Crippen LogP contribution in [0.2, 0.25) is 0 Å². The lowest BCUT2D eigenvalue weighted by atomic mass is 9.91. The summed E-state index contributed by atoms with van der Waals surface area (Å²) in [6.45, 7) is 0.769. The van der Waals surface area contributed by atoms with Crippen LogP contribution in [0.3, 0.4) is 0 Å². The number of ketones is 1. The highest BCUT2D eigenvalue weighted by atomic mass is 16.5. The maximum Gasteiger partial charge on any atom is 0.167 e. The number of Topliss-reactive ketones (excluding diaryl/α,β-unsaturated/α-hetero) is 1. The van der Waals surface area contributed by atoms with Crippen LogP contribution in [0.4, 0.5) is 0 Å². The van der Waals surface area contributed by atoms with E-state index in [1.807, 2.05) is 91.0 Å². The minimum Gasteiger partial charge on any atom is -0.497 e. The van der Waals surface area contributed by atoms with Crippen molar-refractivity contribution < 1.29 is 23.7 Å². The molecule has 0 saturated heterocycles. The van der Waals surface area contributed by atoms with Gasteiger partial charge < -0.3 is 18.9 Å². The average molecular weight is 481 g/mol. The van der Waals surface area contributed by atoms with Gasteiger partial charge in [0.2, 0.25) is 0 Å². The van der Waals surface area contributed by atoms with Crippen molar-refractivity contribution >= 4 is 5.78 Å². The average Bonchev–Trinajstić information content (AvgIpc) is 3.29. The van der Waals surface area contributed by atoms with E-state index in [0.29, 0.717) is 48.2 Å². The van der Waals surface area contributed by atoms with E-state index in [1.54, 1.807) is 14.2 Å². The molecule has 0 aliphatic heterocycles. The summed E-state index contributed by atoms with van der Waals surface area (Å²) in [5.74, 6) is 2.41. The molecule has 0 aromatic heterocycles. The molecule has 182 valence electrons. The highest BCUT2D eigenvalue weighted by Gasteiger charge is 2.38. The van der Waals surface area contributed by atoms with Crippen LogP contribution >= 0.6 is 0 Å². The zero-order valence-corrected chi connectivity index (χ0v) is 20.4. The standard InChI is InChI=1S/C31H28O5/c1-33-23-13-14-27(34-2)24(17-23)25-18-26(32)31-29(36-20-22-11-7-4-8-12-22)16-15-28(30(25)31)35-19-21-9-5-3-6-10-21/h3-17,25H,18-20H2,1-2H3. The second kappa shape index (κ2) is 10.6. The maximum atomic E-state index is 13.5. The van der Waals surface area contributed by atoms with E-state index in [4.69, 9.17) is 18.9 Å². The van der Waals surface area contributed by atoms with Crippen molar-refractivity contribution in [2.24, 2.45) is 0 Å². The summed E-state index contributed by atoms with van der Waals surface area (Å²) in [6.07, 6.45) is 0.298. The first-order chi connectivity index (χ1) is 17.7. The normalized spacial score (nSPS) is 14.3. The number of carbonyl (C=O) groups is 1. The molecule has 36 heavy (non-hydrogen) atoms. The van der Waals surface area contributed by atoms with E-state index in [1.165, 1.54) is 0 Å². The molecule has 0 amide bonds. The Morgan fingerprint density at radius 1 is 0.694 bits per heavy atom. The molecule has 1 aliphatic carbocycles. The van der Waals surface area contributed by atoms with Crippen molar-refractivity contribution in [2.75, 3.05) is 14.2 Å². The smallest absolute Gasteiger partial charge is 0.167 e. The molecule has 0 N–H and O–H groups in total. The molecule has 4 aromatic rings. The zero-order chi connectivity index (χ0) is 24.9. The number of methoxy groups -OCH3 is 2. The van der Waals surface area contributed by atoms with Gasteiger partial charge in [-0.15, -0.1) is 0 Å². The molecule has 5 nitrogen and oxygen atoms in total. The van der Waals surface area contributed by atoms with E-state index >= 15 is 0 Å². The topological polar surface area (TPSA) is 54.0 Å². The predicted octanol–water partition coefficient (Wildman–Crippen LogP) is 6.58. The van der Waals surface area contributed by atoms with E-state index in [-0.39, 0.29) is 11.7 Å². The molecule has 5 rings (SSSR count). The largest absolute Gasteiger partial charge is 0.497 e. The Labute approximate surface area is 211 Å². The third-order valence-corrected chi connectivity index (χ3v) is 6.47. The fourth-order valence-electron chi connectivity index (χ4n) is 4.70. The molecule has 1 aliphatic rings. The lowest BCUT2D eigenvalue weighted by Gasteiger charge is -2.20. The van der Waals surface area contributed by atoms with E-state index in [9.17, 15) is 4.79 Å². The van der Waals surface area contributed by atoms with Crippen molar-refractivity contribution in [3.8, 4) is 23.0 Å². The molecular formula is C31H28O5. The molecule has 0 fully saturated rings. The third kappa shape index (κ3) is 4.78. The molecule has 1 atom stereocenters. The Hall–Kier alpha value is -4.25. The maximum absolute atomic E-state index is 13.5. The number of rotatable bonds is 9.